The largest absolute Gasteiger partial charge is 0.356 e. The van der Waals surface area contributed by atoms with E-state index in [1.165, 1.54) is 4.67 Å². The highest BCUT2D eigenvalue weighted by atomic mass is 127. The van der Waals surface area contributed by atoms with E-state index in [-0.39, 0.29) is 11.5 Å². The second kappa shape index (κ2) is 9.02. The molecule has 0 saturated carbocycles. The van der Waals surface area contributed by atoms with Crippen LogP contribution in [0.25, 0.3) is 11.3 Å². The highest BCUT2D eigenvalue weighted by molar-refractivity contribution is 14.2. The fraction of sp³-hybridized carbons (Fsp3) is 0.222. The molecule has 1 aromatic carbocycles. The fourth-order valence-corrected chi connectivity index (χ4v) is 6.08. The van der Waals surface area contributed by atoms with Crippen LogP contribution in [-0.4, -0.2) is 33.6 Å². The minimum atomic E-state index is -2.56. The number of hydrogen-bond donors (Lipinski definition) is 2. The Labute approximate surface area is 196 Å². The van der Waals surface area contributed by atoms with Crippen molar-refractivity contribution in [2.24, 2.45) is 7.05 Å². The predicted octanol–water partition coefficient (Wildman–Crippen LogP) is 6.37. The molecule has 0 spiro atoms. The number of hydrogen-bond acceptors (Lipinski definition) is 6. The van der Waals surface area contributed by atoms with Gasteiger partial charge >= 0.3 is 0 Å². The molecule has 1 aliphatic heterocycles. The normalized spacial score (nSPS) is 15.8. The van der Waals surface area contributed by atoms with Crippen molar-refractivity contribution in [1.82, 2.24) is 14.8 Å². The molecular weight excluding hydrogens is 564 g/mol. The van der Waals surface area contributed by atoms with Crippen LogP contribution in [0.4, 0.5) is 31.7 Å². The van der Waals surface area contributed by atoms with Crippen molar-refractivity contribution in [3.8, 4) is 11.3 Å². The first-order valence-corrected chi connectivity index (χ1v) is 14.4. The molecule has 4 rings (SSSR count). The van der Waals surface area contributed by atoms with E-state index in [1.54, 1.807) is 22.5 Å². The zero-order valence-corrected chi connectivity index (χ0v) is 20.6. The van der Waals surface area contributed by atoms with Crippen LogP contribution in [0.2, 0.25) is 5.15 Å². The summed E-state index contributed by atoms with van der Waals surface area (Å²) in [6.07, 6.45) is 0.278. The predicted molar refractivity (Wildman–Crippen MR) is 131 cm³/mol. The molecule has 0 saturated heterocycles. The van der Waals surface area contributed by atoms with E-state index in [9.17, 15) is 8.78 Å². The number of alkyl halides is 2. The molecule has 2 aromatic heterocycles. The van der Waals surface area contributed by atoms with Gasteiger partial charge in [-0.2, -0.15) is 5.10 Å². The Bertz CT molecular complexity index is 1080. The van der Waals surface area contributed by atoms with E-state index in [1.807, 2.05) is 43.8 Å². The van der Waals surface area contributed by atoms with Gasteiger partial charge in [0.05, 0.1) is 17.1 Å². The Kier molecular flexibility index (Phi) is 6.57. The third-order valence-electron chi connectivity index (χ3n) is 4.58. The van der Waals surface area contributed by atoms with Crippen LogP contribution in [-0.2, 0) is 7.05 Å². The molecule has 0 bridgehead atoms. The number of nitrogens with one attached hydrogen (secondary N) is 2. The van der Waals surface area contributed by atoms with E-state index in [0.29, 0.717) is 17.2 Å². The third-order valence-corrected chi connectivity index (χ3v) is 7.78. The quantitative estimate of drug-likeness (QED) is 0.153. The Morgan fingerprint density at radius 3 is 2.73 bits per heavy atom. The van der Waals surface area contributed by atoms with Gasteiger partial charge in [0, 0.05) is 36.1 Å². The SMILES string of the molecule is CSc1cc(-c2ccn(C)n2)ccc1Nc1cc(Cl)nc2c1NC(C(F)F)N2PI. The number of benzene rings is 1. The molecule has 12 heteroatoms. The van der Waals surface area contributed by atoms with E-state index in [2.05, 4.69) is 42.8 Å². The van der Waals surface area contributed by atoms with Gasteiger partial charge in [-0.25, -0.2) is 13.8 Å². The summed E-state index contributed by atoms with van der Waals surface area (Å²) < 4.78 is 30.4. The third kappa shape index (κ3) is 4.19. The zero-order valence-electron chi connectivity index (χ0n) is 15.8. The molecule has 0 amide bonds. The van der Waals surface area contributed by atoms with Crippen molar-refractivity contribution < 1.29 is 8.78 Å². The number of fused-ring (bicyclic) bond motifs is 1. The van der Waals surface area contributed by atoms with Crippen LogP contribution in [0.3, 0.4) is 0 Å². The monoisotopic (exact) mass is 580 g/mol. The van der Waals surface area contributed by atoms with Gasteiger partial charge in [0.15, 0.2) is 12.0 Å². The molecule has 0 aliphatic carbocycles. The van der Waals surface area contributed by atoms with Crippen molar-refractivity contribution in [1.29, 1.82) is 0 Å². The second-order valence-corrected chi connectivity index (χ2v) is 9.82. The van der Waals surface area contributed by atoms with Crippen molar-refractivity contribution >= 4 is 74.7 Å². The minimum Gasteiger partial charge on any atom is -0.356 e. The first kappa shape index (κ1) is 21.9. The van der Waals surface area contributed by atoms with E-state index < -0.39 is 12.6 Å². The fourth-order valence-electron chi connectivity index (χ4n) is 3.20. The smallest absolute Gasteiger partial charge is 0.277 e. The molecule has 2 unspecified atom stereocenters. The molecule has 6 nitrogen and oxygen atoms in total. The summed E-state index contributed by atoms with van der Waals surface area (Å²) in [5, 5.41) is 10.9. The maximum atomic E-state index is 13.5. The first-order chi connectivity index (χ1) is 14.4. The van der Waals surface area contributed by atoms with E-state index in [4.69, 9.17) is 11.6 Å². The first-order valence-electron chi connectivity index (χ1n) is 8.77. The summed E-state index contributed by atoms with van der Waals surface area (Å²) in [6.45, 7) is 0. The molecule has 2 atom stereocenters. The van der Waals surface area contributed by atoms with Gasteiger partial charge < -0.3 is 15.3 Å². The maximum absolute atomic E-state index is 13.5. The van der Waals surface area contributed by atoms with Gasteiger partial charge in [-0.3, -0.25) is 4.68 Å². The zero-order chi connectivity index (χ0) is 21.4. The lowest BCUT2D eigenvalue weighted by Gasteiger charge is -2.22. The second-order valence-electron chi connectivity index (χ2n) is 6.48. The Hall–Kier alpha value is -1.36. The molecule has 3 aromatic rings. The van der Waals surface area contributed by atoms with Gasteiger partial charge in [0.25, 0.3) is 6.43 Å². The van der Waals surface area contributed by atoms with Crippen LogP contribution in [0, 0.1) is 0 Å². The molecule has 2 N–H and O–H groups in total. The van der Waals surface area contributed by atoms with Gasteiger partial charge in [-0.1, -0.05) is 17.7 Å². The highest BCUT2D eigenvalue weighted by Crippen LogP contribution is 2.49. The summed E-state index contributed by atoms with van der Waals surface area (Å²) in [5.41, 5.74) is 3.85. The van der Waals surface area contributed by atoms with Crippen LogP contribution in [0.5, 0.6) is 0 Å². The average molecular weight is 581 g/mol. The molecular formula is C18H17ClF2IN6PS. The number of pyridine rings is 1. The highest BCUT2D eigenvalue weighted by Gasteiger charge is 2.38. The van der Waals surface area contributed by atoms with Gasteiger partial charge in [-0.15, -0.1) is 11.8 Å². The number of thioether (sulfide) groups is 1. The lowest BCUT2D eigenvalue weighted by atomic mass is 10.1. The molecule has 30 heavy (non-hydrogen) atoms. The number of aryl methyl sites for hydroxylation is 1. The van der Waals surface area contributed by atoms with Gasteiger partial charge in [0.2, 0.25) is 0 Å². The van der Waals surface area contributed by atoms with Crippen molar-refractivity contribution in [3.05, 3.63) is 41.7 Å². The summed E-state index contributed by atoms with van der Waals surface area (Å²) in [6, 6.07) is 9.57. The van der Waals surface area contributed by atoms with Crippen LogP contribution < -0.4 is 15.3 Å². The number of rotatable bonds is 6. The van der Waals surface area contributed by atoms with Crippen LogP contribution >= 0.6 is 51.8 Å². The van der Waals surface area contributed by atoms with Gasteiger partial charge in [-0.05, 0) is 46.5 Å². The van der Waals surface area contributed by atoms with Crippen LogP contribution in [0.1, 0.15) is 0 Å². The molecule has 0 fully saturated rings. The lowest BCUT2D eigenvalue weighted by molar-refractivity contribution is 0.130. The van der Waals surface area contributed by atoms with Crippen molar-refractivity contribution in [2.75, 3.05) is 21.6 Å². The Morgan fingerprint density at radius 2 is 2.10 bits per heavy atom. The number of nitrogens with zero attached hydrogens (tertiary/aromatic N) is 4. The topological polar surface area (TPSA) is 58.0 Å². The number of anilines is 4. The van der Waals surface area contributed by atoms with Crippen LogP contribution in [0.15, 0.2) is 41.4 Å². The maximum Gasteiger partial charge on any atom is 0.277 e. The number of aromatic nitrogens is 3. The number of halogens is 4. The Balaban J connectivity index is 1.70. The summed E-state index contributed by atoms with van der Waals surface area (Å²) in [4.78, 5) is 5.28. The molecule has 158 valence electrons. The summed E-state index contributed by atoms with van der Waals surface area (Å²) >= 11 is 9.87. The van der Waals surface area contributed by atoms with Crippen molar-refractivity contribution in [2.45, 2.75) is 17.5 Å². The standard InChI is InChI=1S/C18H17ClF2IN6PS/c1-27-6-5-10(26-27)9-3-4-11(13(7-9)30-2)23-12-8-14(19)24-17-15(12)25-18(16(20)21)28(17)29-22/h3-8,16,18,25,29H,1-2H3,(H,23,24). The molecule has 0 radical (unpaired) electrons. The lowest BCUT2D eigenvalue weighted by Crippen LogP contribution is -2.35. The summed E-state index contributed by atoms with van der Waals surface area (Å²) in [5.74, 6) is 0.429. The van der Waals surface area contributed by atoms with Gasteiger partial charge in [0.1, 0.15) is 10.8 Å². The molecule has 3 heterocycles. The minimum absolute atomic E-state index is 0.0929. The average Bonchev–Trinajstić information content (AvgIpc) is 3.31. The molecule has 1 aliphatic rings. The summed E-state index contributed by atoms with van der Waals surface area (Å²) in [7, 11) is 1.88. The van der Waals surface area contributed by atoms with Crippen molar-refractivity contribution in [3.63, 3.8) is 0 Å². The Morgan fingerprint density at radius 1 is 1.30 bits per heavy atom. The van der Waals surface area contributed by atoms with E-state index >= 15 is 0 Å². The van der Waals surface area contributed by atoms with E-state index in [0.717, 1.165) is 21.8 Å².